The predicted molar refractivity (Wildman–Crippen MR) is 83.6 cm³/mol. The van der Waals surface area contributed by atoms with E-state index in [0.29, 0.717) is 0 Å². The molecule has 0 spiro atoms. The summed E-state index contributed by atoms with van der Waals surface area (Å²) in [6.07, 6.45) is 5.86. The van der Waals surface area contributed by atoms with E-state index in [9.17, 15) is 4.39 Å². The molecule has 2 N–H and O–H groups in total. The highest BCUT2D eigenvalue weighted by molar-refractivity contribution is 5.54. The zero-order chi connectivity index (χ0) is 14.5. The highest BCUT2D eigenvalue weighted by Gasteiger charge is 2.20. The Morgan fingerprint density at radius 1 is 1.35 bits per heavy atom. The van der Waals surface area contributed by atoms with Crippen LogP contribution in [-0.4, -0.2) is 19.1 Å². The van der Waals surface area contributed by atoms with Crippen LogP contribution < -0.4 is 10.6 Å². The van der Waals surface area contributed by atoms with Crippen LogP contribution in [0.25, 0.3) is 0 Å². The summed E-state index contributed by atoms with van der Waals surface area (Å²) >= 11 is 0. The molecule has 20 heavy (non-hydrogen) atoms. The smallest absolute Gasteiger partial charge is 0.123 e. The van der Waals surface area contributed by atoms with Gasteiger partial charge in [0.2, 0.25) is 0 Å². The number of nitrogens with two attached hydrogens (primary N) is 1. The molecule has 112 valence electrons. The van der Waals surface area contributed by atoms with Gasteiger partial charge in [-0.25, -0.2) is 4.39 Å². The lowest BCUT2D eigenvalue weighted by Crippen LogP contribution is -2.34. The molecule has 1 aromatic carbocycles. The summed E-state index contributed by atoms with van der Waals surface area (Å²) in [5.41, 5.74) is 8.12. The van der Waals surface area contributed by atoms with Crippen LogP contribution in [0.15, 0.2) is 18.2 Å². The van der Waals surface area contributed by atoms with Gasteiger partial charge in [-0.2, -0.15) is 0 Å². The molecule has 3 heteroatoms. The van der Waals surface area contributed by atoms with Gasteiger partial charge in [0.25, 0.3) is 0 Å². The Bertz CT molecular complexity index is 423. The fourth-order valence-electron chi connectivity index (χ4n) is 3.24. The van der Waals surface area contributed by atoms with Crippen LogP contribution in [0.5, 0.6) is 0 Å². The van der Waals surface area contributed by atoms with Crippen molar-refractivity contribution in [2.24, 2.45) is 11.7 Å². The number of rotatable bonds is 5. The second kappa shape index (κ2) is 7.07. The first kappa shape index (κ1) is 15.3. The predicted octanol–water partition coefficient (Wildman–Crippen LogP) is 3.73. The van der Waals surface area contributed by atoms with Gasteiger partial charge >= 0.3 is 0 Å². The molecule has 1 fully saturated rings. The summed E-state index contributed by atoms with van der Waals surface area (Å²) < 4.78 is 13.5. The third-order valence-electron chi connectivity index (χ3n) is 4.24. The number of hydrogen-bond donors (Lipinski definition) is 1. The van der Waals surface area contributed by atoms with E-state index in [-0.39, 0.29) is 11.9 Å². The van der Waals surface area contributed by atoms with Crippen LogP contribution in [0.4, 0.5) is 10.1 Å². The van der Waals surface area contributed by atoms with Gasteiger partial charge < -0.3 is 10.6 Å². The first-order valence-corrected chi connectivity index (χ1v) is 7.89. The summed E-state index contributed by atoms with van der Waals surface area (Å²) in [5, 5.41) is 0. The SMILES string of the molecule is CCCC1CCN(c2ccc(F)cc2CC(C)N)CC1. The van der Waals surface area contributed by atoms with Gasteiger partial charge in [0, 0.05) is 24.8 Å². The first-order valence-electron chi connectivity index (χ1n) is 7.89. The summed E-state index contributed by atoms with van der Waals surface area (Å²) in [4.78, 5) is 2.41. The third kappa shape index (κ3) is 3.95. The molecule has 1 aliphatic heterocycles. The van der Waals surface area contributed by atoms with E-state index in [4.69, 9.17) is 5.73 Å². The minimum atomic E-state index is -0.162. The van der Waals surface area contributed by atoms with Crippen LogP contribution in [-0.2, 0) is 6.42 Å². The number of halogens is 1. The number of benzene rings is 1. The highest BCUT2D eigenvalue weighted by atomic mass is 19.1. The van der Waals surface area contributed by atoms with Gasteiger partial charge in [-0.3, -0.25) is 0 Å². The van der Waals surface area contributed by atoms with Crippen molar-refractivity contribution in [2.45, 2.75) is 52.0 Å². The standard InChI is InChI=1S/C17H27FN2/c1-3-4-14-7-9-20(10-8-14)17-6-5-16(18)12-15(17)11-13(2)19/h5-6,12-14H,3-4,7-11,19H2,1-2H3. The summed E-state index contributed by atoms with van der Waals surface area (Å²) in [6.45, 7) is 6.40. The Hall–Kier alpha value is -1.09. The van der Waals surface area contributed by atoms with Gasteiger partial charge in [0.1, 0.15) is 5.82 Å². The zero-order valence-electron chi connectivity index (χ0n) is 12.7. The molecule has 0 aromatic heterocycles. The average molecular weight is 278 g/mol. The minimum Gasteiger partial charge on any atom is -0.371 e. The minimum absolute atomic E-state index is 0.0631. The van der Waals surface area contributed by atoms with Gasteiger partial charge in [-0.1, -0.05) is 19.8 Å². The topological polar surface area (TPSA) is 29.3 Å². The number of nitrogens with zero attached hydrogens (tertiary/aromatic N) is 1. The lowest BCUT2D eigenvalue weighted by atomic mass is 9.91. The van der Waals surface area contributed by atoms with Crippen LogP contribution in [0.1, 0.15) is 45.1 Å². The highest BCUT2D eigenvalue weighted by Crippen LogP contribution is 2.29. The summed E-state index contributed by atoms with van der Waals surface area (Å²) in [6, 6.07) is 5.20. The average Bonchev–Trinajstić information content (AvgIpc) is 2.40. The Morgan fingerprint density at radius 2 is 2.05 bits per heavy atom. The molecule has 0 radical (unpaired) electrons. The Labute approximate surface area is 122 Å². The molecular formula is C17H27FN2. The molecule has 1 saturated heterocycles. The molecule has 0 saturated carbocycles. The van der Waals surface area contributed by atoms with E-state index < -0.39 is 0 Å². The van der Waals surface area contributed by atoms with Gasteiger partial charge in [0.05, 0.1) is 0 Å². The molecule has 0 aliphatic carbocycles. The number of piperidine rings is 1. The summed E-state index contributed by atoms with van der Waals surface area (Å²) in [5.74, 6) is 0.707. The van der Waals surface area contributed by atoms with E-state index in [1.807, 2.05) is 13.0 Å². The molecule has 2 rings (SSSR count). The van der Waals surface area contributed by atoms with Crippen molar-refractivity contribution < 1.29 is 4.39 Å². The quantitative estimate of drug-likeness (QED) is 0.889. The van der Waals surface area contributed by atoms with E-state index >= 15 is 0 Å². The molecule has 1 aromatic rings. The van der Waals surface area contributed by atoms with E-state index in [2.05, 4.69) is 11.8 Å². The van der Waals surface area contributed by atoms with Crippen molar-refractivity contribution in [3.63, 3.8) is 0 Å². The maximum Gasteiger partial charge on any atom is 0.123 e. The Morgan fingerprint density at radius 3 is 2.65 bits per heavy atom. The fraction of sp³-hybridized carbons (Fsp3) is 0.647. The normalized spacial score (nSPS) is 18.3. The van der Waals surface area contributed by atoms with Crippen LogP contribution >= 0.6 is 0 Å². The van der Waals surface area contributed by atoms with Crippen molar-refractivity contribution in [3.05, 3.63) is 29.6 Å². The maximum atomic E-state index is 13.5. The van der Waals surface area contributed by atoms with Crippen LogP contribution in [0, 0.1) is 11.7 Å². The van der Waals surface area contributed by atoms with E-state index in [0.717, 1.165) is 31.0 Å². The lowest BCUT2D eigenvalue weighted by molar-refractivity contribution is 0.378. The summed E-state index contributed by atoms with van der Waals surface area (Å²) in [7, 11) is 0. The van der Waals surface area contributed by atoms with Crippen molar-refractivity contribution in [1.29, 1.82) is 0 Å². The second-order valence-electron chi connectivity index (χ2n) is 6.17. The fourth-order valence-corrected chi connectivity index (χ4v) is 3.24. The molecule has 0 amide bonds. The van der Waals surface area contributed by atoms with Gasteiger partial charge in [0.15, 0.2) is 0 Å². The van der Waals surface area contributed by atoms with Gasteiger partial charge in [-0.05, 0) is 55.9 Å². The Kier molecular flexibility index (Phi) is 5.41. The second-order valence-corrected chi connectivity index (χ2v) is 6.17. The van der Waals surface area contributed by atoms with Crippen molar-refractivity contribution in [2.75, 3.05) is 18.0 Å². The number of anilines is 1. The molecular weight excluding hydrogens is 251 g/mol. The molecule has 1 aliphatic rings. The van der Waals surface area contributed by atoms with Crippen LogP contribution in [0.3, 0.4) is 0 Å². The monoisotopic (exact) mass is 278 g/mol. The van der Waals surface area contributed by atoms with Gasteiger partial charge in [-0.15, -0.1) is 0 Å². The van der Waals surface area contributed by atoms with Crippen molar-refractivity contribution in [1.82, 2.24) is 0 Å². The molecule has 0 bridgehead atoms. The van der Waals surface area contributed by atoms with Crippen LogP contribution in [0.2, 0.25) is 0 Å². The third-order valence-corrected chi connectivity index (χ3v) is 4.24. The van der Waals surface area contributed by atoms with Crippen molar-refractivity contribution in [3.8, 4) is 0 Å². The molecule has 1 heterocycles. The zero-order valence-corrected chi connectivity index (χ0v) is 12.7. The number of hydrogen-bond acceptors (Lipinski definition) is 2. The Balaban J connectivity index is 2.09. The maximum absolute atomic E-state index is 13.5. The lowest BCUT2D eigenvalue weighted by Gasteiger charge is -2.35. The van der Waals surface area contributed by atoms with E-state index in [1.54, 1.807) is 12.1 Å². The molecule has 1 atom stereocenters. The molecule has 2 nitrogen and oxygen atoms in total. The molecule has 1 unspecified atom stereocenters. The van der Waals surface area contributed by atoms with Crippen molar-refractivity contribution >= 4 is 5.69 Å². The van der Waals surface area contributed by atoms with E-state index in [1.165, 1.54) is 31.4 Å². The largest absolute Gasteiger partial charge is 0.371 e. The first-order chi connectivity index (χ1) is 9.60.